The number of carbonyl (C=O) groups excluding carboxylic acids is 1. The van der Waals surface area contributed by atoms with Gasteiger partial charge in [0.1, 0.15) is 11.5 Å². The molecule has 1 aromatic rings. The zero-order valence-corrected chi connectivity index (χ0v) is 12.3. The third kappa shape index (κ3) is 4.08. The number of hydrogen-bond acceptors (Lipinski definition) is 4. The maximum atomic E-state index is 12.3. The van der Waals surface area contributed by atoms with E-state index in [0.717, 1.165) is 43.9 Å². The monoisotopic (exact) mass is 280 g/mol. The van der Waals surface area contributed by atoms with Crippen LogP contribution in [0.5, 0.6) is 0 Å². The van der Waals surface area contributed by atoms with Gasteiger partial charge in [0.25, 0.3) is 0 Å². The van der Waals surface area contributed by atoms with Gasteiger partial charge >= 0.3 is 0 Å². The minimum Gasteiger partial charge on any atom is -0.464 e. The number of rotatable bonds is 6. The molecule has 0 aliphatic carbocycles. The summed E-state index contributed by atoms with van der Waals surface area (Å²) in [5.41, 5.74) is 0. The molecule has 0 bridgehead atoms. The van der Waals surface area contributed by atoms with Gasteiger partial charge in [0.2, 0.25) is 5.91 Å². The molecule has 2 heterocycles. The van der Waals surface area contributed by atoms with Crippen molar-refractivity contribution < 1.29 is 13.9 Å². The van der Waals surface area contributed by atoms with Crippen molar-refractivity contribution in [2.45, 2.75) is 32.2 Å². The van der Waals surface area contributed by atoms with Crippen molar-refractivity contribution in [1.82, 2.24) is 10.6 Å². The third-order valence-electron chi connectivity index (χ3n) is 3.74. The Bertz CT molecular complexity index is 425. The molecule has 0 spiro atoms. The standard InChI is InChI=1S/C15H24N2O3/c1-11-3-4-14(20-11)13(7-10-19-2)17-15(18)12-5-8-16-9-6-12/h3-4,12-13,16H,5-10H2,1-2H3,(H,17,18). The lowest BCUT2D eigenvalue weighted by molar-refractivity contribution is -0.126. The molecule has 1 aliphatic heterocycles. The lowest BCUT2D eigenvalue weighted by atomic mass is 9.96. The van der Waals surface area contributed by atoms with E-state index in [1.54, 1.807) is 7.11 Å². The van der Waals surface area contributed by atoms with Crippen LogP contribution >= 0.6 is 0 Å². The van der Waals surface area contributed by atoms with Crippen LogP contribution in [0, 0.1) is 12.8 Å². The molecule has 5 heteroatoms. The number of carbonyl (C=O) groups is 1. The van der Waals surface area contributed by atoms with E-state index in [1.165, 1.54) is 0 Å². The molecule has 2 N–H and O–H groups in total. The van der Waals surface area contributed by atoms with Gasteiger partial charge in [0, 0.05) is 19.6 Å². The van der Waals surface area contributed by atoms with Gasteiger partial charge in [-0.3, -0.25) is 4.79 Å². The summed E-state index contributed by atoms with van der Waals surface area (Å²) in [5, 5.41) is 6.38. The zero-order chi connectivity index (χ0) is 14.4. The second-order valence-electron chi connectivity index (χ2n) is 5.32. The van der Waals surface area contributed by atoms with Crippen molar-refractivity contribution in [1.29, 1.82) is 0 Å². The number of aryl methyl sites for hydroxylation is 1. The molecule has 2 rings (SSSR count). The second kappa shape index (κ2) is 7.45. The molecule has 1 saturated heterocycles. The summed E-state index contributed by atoms with van der Waals surface area (Å²) in [6.45, 7) is 4.34. The number of piperidine rings is 1. The molecule has 1 amide bonds. The maximum absolute atomic E-state index is 12.3. The van der Waals surface area contributed by atoms with Crippen LogP contribution in [0.3, 0.4) is 0 Å². The molecule has 1 fully saturated rings. The van der Waals surface area contributed by atoms with E-state index < -0.39 is 0 Å². The Hall–Kier alpha value is -1.33. The van der Waals surface area contributed by atoms with E-state index in [-0.39, 0.29) is 17.9 Å². The van der Waals surface area contributed by atoms with E-state index in [2.05, 4.69) is 10.6 Å². The quantitative estimate of drug-likeness (QED) is 0.834. The van der Waals surface area contributed by atoms with Gasteiger partial charge in [-0.05, 0) is 51.4 Å². The van der Waals surface area contributed by atoms with Gasteiger partial charge in [0.15, 0.2) is 0 Å². The highest BCUT2D eigenvalue weighted by Gasteiger charge is 2.25. The summed E-state index contributed by atoms with van der Waals surface area (Å²) in [6.07, 6.45) is 2.53. The second-order valence-corrected chi connectivity index (χ2v) is 5.32. The van der Waals surface area contributed by atoms with Crippen LogP contribution in [0.15, 0.2) is 16.5 Å². The van der Waals surface area contributed by atoms with Crippen LogP contribution < -0.4 is 10.6 Å². The predicted molar refractivity (Wildman–Crippen MR) is 76.4 cm³/mol. The molecule has 1 atom stereocenters. The molecule has 0 radical (unpaired) electrons. The Morgan fingerprint density at radius 3 is 2.85 bits per heavy atom. The number of nitrogens with one attached hydrogen (secondary N) is 2. The molecular formula is C15H24N2O3. The number of furan rings is 1. The first-order valence-electron chi connectivity index (χ1n) is 7.27. The summed E-state index contributed by atoms with van der Waals surface area (Å²) in [4.78, 5) is 12.3. The highest BCUT2D eigenvalue weighted by atomic mass is 16.5. The number of ether oxygens (including phenoxy) is 1. The van der Waals surface area contributed by atoms with Crippen molar-refractivity contribution in [2.75, 3.05) is 26.8 Å². The average molecular weight is 280 g/mol. The molecule has 1 unspecified atom stereocenters. The first-order chi connectivity index (χ1) is 9.70. The summed E-state index contributed by atoms with van der Waals surface area (Å²) >= 11 is 0. The highest BCUT2D eigenvalue weighted by Crippen LogP contribution is 2.21. The van der Waals surface area contributed by atoms with Crippen LogP contribution in [-0.2, 0) is 9.53 Å². The maximum Gasteiger partial charge on any atom is 0.223 e. The van der Waals surface area contributed by atoms with Gasteiger partial charge < -0.3 is 19.8 Å². The Balaban J connectivity index is 1.97. The fourth-order valence-corrected chi connectivity index (χ4v) is 2.54. The number of amides is 1. The highest BCUT2D eigenvalue weighted by molar-refractivity contribution is 5.79. The van der Waals surface area contributed by atoms with E-state index in [9.17, 15) is 4.79 Å². The Morgan fingerprint density at radius 1 is 1.50 bits per heavy atom. The summed E-state index contributed by atoms with van der Waals surface area (Å²) in [5.74, 6) is 1.90. The topological polar surface area (TPSA) is 63.5 Å². The Labute approximate surface area is 120 Å². The van der Waals surface area contributed by atoms with E-state index in [0.29, 0.717) is 6.61 Å². The lowest BCUT2D eigenvalue weighted by Gasteiger charge is -2.24. The van der Waals surface area contributed by atoms with Crippen molar-refractivity contribution in [3.8, 4) is 0 Å². The van der Waals surface area contributed by atoms with Crippen LogP contribution in [0.25, 0.3) is 0 Å². The lowest BCUT2D eigenvalue weighted by Crippen LogP contribution is -2.39. The molecule has 1 aliphatic rings. The van der Waals surface area contributed by atoms with Crippen molar-refractivity contribution in [3.05, 3.63) is 23.7 Å². The van der Waals surface area contributed by atoms with Crippen molar-refractivity contribution in [2.24, 2.45) is 5.92 Å². The Morgan fingerprint density at radius 2 is 2.25 bits per heavy atom. The molecule has 5 nitrogen and oxygen atoms in total. The predicted octanol–water partition coefficient (Wildman–Crippen LogP) is 1.78. The van der Waals surface area contributed by atoms with Crippen molar-refractivity contribution in [3.63, 3.8) is 0 Å². The molecule has 1 aromatic heterocycles. The number of hydrogen-bond donors (Lipinski definition) is 2. The van der Waals surface area contributed by atoms with Gasteiger partial charge in [-0.25, -0.2) is 0 Å². The van der Waals surface area contributed by atoms with Crippen LogP contribution in [-0.4, -0.2) is 32.7 Å². The smallest absolute Gasteiger partial charge is 0.223 e. The summed E-state index contributed by atoms with van der Waals surface area (Å²) < 4.78 is 10.8. The first kappa shape index (κ1) is 15.1. The zero-order valence-electron chi connectivity index (χ0n) is 12.3. The third-order valence-corrected chi connectivity index (χ3v) is 3.74. The number of methoxy groups -OCH3 is 1. The Kier molecular flexibility index (Phi) is 5.61. The minimum atomic E-state index is -0.106. The summed E-state index contributed by atoms with van der Waals surface area (Å²) in [6, 6.07) is 3.75. The van der Waals surface area contributed by atoms with Gasteiger partial charge in [0.05, 0.1) is 6.04 Å². The molecule has 0 saturated carbocycles. The minimum absolute atomic E-state index is 0.106. The van der Waals surface area contributed by atoms with Crippen LogP contribution in [0.2, 0.25) is 0 Å². The largest absolute Gasteiger partial charge is 0.464 e. The molecular weight excluding hydrogens is 256 g/mol. The average Bonchev–Trinajstić information content (AvgIpc) is 2.90. The van der Waals surface area contributed by atoms with Gasteiger partial charge in [-0.1, -0.05) is 0 Å². The van der Waals surface area contributed by atoms with Crippen LogP contribution in [0.1, 0.15) is 36.8 Å². The van der Waals surface area contributed by atoms with Gasteiger partial charge in [-0.2, -0.15) is 0 Å². The fraction of sp³-hybridized carbons (Fsp3) is 0.667. The van der Waals surface area contributed by atoms with Gasteiger partial charge in [-0.15, -0.1) is 0 Å². The molecule has 112 valence electrons. The van der Waals surface area contributed by atoms with E-state index in [1.807, 2.05) is 19.1 Å². The molecule has 20 heavy (non-hydrogen) atoms. The van der Waals surface area contributed by atoms with E-state index in [4.69, 9.17) is 9.15 Å². The SMILES string of the molecule is COCCC(NC(=O)C1CCNCC1)c1ccc(C)o1. The van der Waals surface area contributed by atoms with Crippen LogP contribution in [0.4, 0.5) is 0 Å². The molecule has 0 aromatic carbocycles. The summed E-state index contributed by atoms with van der Waals surface area (Å²) in [7, 11) is 1.67. The van der Waals surface area contributed by atoms with Crippen molar-refractivity contribution >= 4 is 5.91 Å². The van der Waals surface area contributed by atoms with E-state index >= 15 is 0 Å². The first-order valence-corrected chi connectivity index (χ1v) is 7.27. The fourth-order valence-electron chi connectivity index (χ4n) is 2.54. The normalized spacial score (nSPS) is 17.9.